The Morgan fingerprint density at radius 2 is 2.00 bits per heavy atom. The number of urea groups is 1. The van der Waals surface area contributed by atoms with E-state index in [-0.39, 0.29) is 0 Å². The van der Waals surface area contributed by atoms with Crippen LogP contribution in [0.25, 0.3) is 0 Å². The lowest BCUT2D eigenvalue weighted by Gasteiger charge is -1.88. The molecule has 3 amide bonds. The number of carbonyl (C=O) groups is 2. The Labute approximate surface area is 41.5 Å². The van der Waals surface area contributed by atoms with Crippen molar-refractivity contribution in [3.8, 4) is 0 Å². The monoisotopic (exact) mass is 100 g/mol. The number of nitrogens with two attached hydrogens (primary N) is 1. The fourth-order valence-corrected chi connectivity index (χ4v) is 0.173. The molecule has 0 rings (SSSR count). The van der Waals surface area contributed by atoms with Gasteiger partial charge in [0.1, 0.15) is 0 Å². The van der Waals surface area contributed by atoms with Crippen molar-refractivity contribution < 1.29 is 9.59 Å². The van der Waals surface area contributed by atoms with Crippen LogP contribution >= 0.6 is 0 Å². The van der Waals surface area contributed by atoms with Gasteiger partial charge in [-0.15, -0.1) is 0 Å². The van der Waals surface area contributed by atoms with Gasteiger partial charge < -0.3 is 5.73 Å². The Morgan fingerprint density at radius 3 is 2.00 bits per heavy atom. The quantitative estimate of drug-likeness (QED) is 0.360. The minimum Gasteiger partial charge on any atom is -0.351 e. The van der Waals surface area contributed by atoms with Gasteiger partial charge >= 0.3 is 6.03 Å². The van der Waals surface area contributed by atoms with Gasteiger partial charge in [0.25, 0.3) is 0 Å². The normalized spacial score (nSPS) is 7.43. The maximum Gasteiger partial charge on any atom is 0.318 e. The van der Waals surface area contributed by atoms with Crippen molar-refractivity contribution in [2.45, 2.75) is 0 Å². The second kappa shape index (κ2) is 2.23. The summed E-state index contributed by atoms with van der Waals surface area (Å²) in [5, 5.41) is 1.81. The topological polar surface area (TPSA) is 72.2 Å². The number of nitrogens with one attached hydrogen (secondary N) is 1. The molecule has 0 aliphatic carbocycles. The van der Waals surface area contributed by atoms with Crippen LogP contribution in [0.4, 0.5) is 9.59 Å². The van der Waals surface area contributed by atoms with Crippen molar-refractivity contribution in [3.05, 3.63) is 0 Å². The van der Waals surface area contributed by atoms with Gasteiger partial charge in [-0.25, -0.2) is 4.79 Å². The van der Waals surface area contributed by atoms with E-state index in [1.807, 2.05) is 0 Å². The van der Waals surface area contributed by atoms with Crippen molar-refractivity contribution in [1.29, 1.82) is 0 Å². The Kier molecular flexibility index (Phi) is 1.91. The molecule has 0 unspecified atom stereocenters. The second-order valence-electron chi connectivity index (χ2n) is 1.05. The molecular weight excluding hydrogens is 94.8 g/mol. The molecular formula is C2H5BN2O2. The molecule has 0 aromatic rings. The van der Waals surface area contributed by atoms with Gasteiger partial charge in [-0.05, 0) is 0 Å². The van der Waals surface area contributed by atoms with E-state index in [2.05, 4.69) is 5.73 Å². The van der Waals surface area contributed by atoms with Crippen LogP contribution < -0.4 is 11.1 Å². The average Bonchev–Trinajstić information content (AvgIpc) is 1.27. The number of primary amides is 1. The molecule has 0 heterocycles. The molecule has 3 N–H and O–H groups in total. The highest BCUT2D eigenvalue weighted by atomic mass is 16.2. The first-order chi connectivity index (χ1) is 3.13. The standard InChI is InChI=1S/C2H5BN2O2/c3-1(6)5-2(4)7/h3H2,(H3,4,5,6,7). The summed E-state index contributed by atoms with van der Waals surface area (Å²) in [6.45, 7) is 0. The largest absolute Gasteiger partial charge is 0.351 e. The molecule has 0 fully saturated rings. The van der Waals surface area contributed by atoms with Crippen LogP contribution in [0.2, 0.25) is 0 Å². The van der Waals surface area contributed by atoms with Crippen LogP contribution in [0.1, 0.15) is 0 Å². The average molecular weight is 99.9 g/mol. The van der Waals surface area contributed by atoms with Crippen LogP contribution in [0.5, 0.6) is 0 Å². The van der Waals surface area contributed by atoms with Gasteiger partial charge in [-0.1, -0.05) is 0 Å². The zero-order chi connectivity index (χ0) is 5.86. The van der Waals surface area contributed by atoms with Gasteiger partial charge in [0.05, 0.1) is 0 Å². The first-order valence-corrected chi connectivity index (χ1v) is 1.70. The first kappa shape index (κ1) is 6.00. The van der Waals surface area contributed by atoms with Crippen molar-refractivity contribution in [2.75, 3.05) is 0 Å². The van der Waals surface area contributed by atoms with Crippen molar-refractivity contribution in [1.82, 2.24) is 5.32 Å². The Hall–Kier alpha value is -0.995. The maximum atomic E-state index is 9.84. The number of rotatable bonds is 0. The third-order valence-corrected chi connectivity index (χ3v) is 0.299. The molecule has 7 heavy (non-hydrogen) atoms. The SMILES string of the molecule is BC(=O)NC(N)=O. The zero-order valence-corrected chi connectivity index (χ0v) is 3.89. The van der Waals surface area contributed by atoms with Crippen LogP contribution in [-0.4, -0.2) is 19.7 Å². The summed E-state index contributed by atoms with van der Waals surface area (Å²) in [7, 11) is 1.21. The second-order valence-corrected chi connectivity index (χ2v) is 1.05. The lowest BCUT2D eigenvalue weighted by atomic mass is 10.1. The molecule has 0 atom stereocenters. The summed E-state index contributed by atoms with van der Waals surface area (Å²) < 4.78 is 0. The smallest absolute Gasteiger partial charge is 0.318 e. The molecule has 4 nitrogen and oxygen atoms in total. The molecule has 0 radical (unpaired) electrons. The number of hydrogen-bond donors (Lipinski definition) is 2. The van der Waals surface area contributed by atoms with E-state index >= 15 is 0 Å². The Bertz CT molecular complexity index is 89.9. The lowest BCUT2D eigenvalue weighted by molar-refractivity contribution is 0.242. The summed E-state index contributed by atoms with van der Waals surface area (Å²) in [5.41, 5.74) is 4.52. The fourth-order valence-electron chi connectivity index (χ4n) is 0.173. The molecule has 0 saturated carbocycles. The van der Waals surface area contributed by atoms with Gasteiger partial charge in [0, 0.05) is 0 Å². The van der Waals surface area contributed by atoms with E-state index in [9.17, 15) is 9.59 Å². The predicted molar refractivity (Wildman–Crippen MR) is 26.7 cm³/mol. The highest BCUT2D eigenvalue weighted by molar-refractivity contribution is 6.58. The van der Waals surface area contributed by atoms with E-state index in [4.69, 9.17) is 0 Å². The van der Waals surface area contributed by atoms with Gasteiger partial charge in [0.2, 0.25) is 7.85 Å². The molecule has 0 aromatic carbocycles. The van der Waals surface area contributed by atoms with E-state index in [1.54, 1.807) is 5.32 Å². The summed E-state index contributed by atoms with van der Waals surface area (Å²) >= 11 is 0. The number of imide groups is 1. The highest BCUT2D eigenvalue weighted by Crippen LogP contribution is 1.55. The summed E-state index contributed by atoms with van der Waals surface area (Å²) in [6, 6.07) is -0.812. The number of carbonyl (C=O) groups excluding carboxylic acids is 2. The van der Waals surface area contributed by atoms with Crippen LogP contribution in [-0.2, 0) is 0 Å². The number of hydrogen-bond acceptors (Lipinski definition) is 2. The highest BCUT2D eigenvalue weighted by Gasteiger charge is 1.91. The number of amides is 3. The summed E-state index contributed by atoms with van der Waals surface area (Å²) in [4.78, 5) is 19.5. The van der Waals surface area contributed by atoms with Gasteiger partial charge in [-0.2, -0.15) is 0 Å². The van der Waals surface area contributed by atoms with Gasteiger partial charge in [-0.3, -0.25) is 10.1 Å². The van der Waals surface area contributed by atoms with Crippen LogP contribution in [0.3, 0.4) is 0 Å². The third-order valence-electron chi connectivity index (χ3n) is 0.299. The van der Waals surface area contributed by atoms with E-state index in [0.29, 0.717) is 0 Å². The third kappa shape index (κ3) is 5.00. The molecule has 0 aliphatic heterocycles. The zero-order valence-electron chi connectivity index (χ0n) is 3.89. The lowest BCUT2D eigenvalue weighted by Crippen LogP contribution is -2.33. The van der Waals surface area contributed by atoms with E-state index in [0.717, 1.165) is 0 Å². The van der Waals surface area contributed by atoms with Gasteiger partial charge in [0.15, 0.2) is 5.81 Å². The van der Waals surface area contributed by atoms with Crippen molar-refractivity contribution >= 4 is 19.7 Å². The molecule has 0 aromatic heterocycles. The maximum absolute atomic E-state index is 9.84. The van der Waals surface area contributed by atoms with Crippen molar-refractivity contribution in [2.24, 2.45) is 5.73 Å². The molecule has 0 bridgehead atoms. The van der Waals surface area contributed by atoms with Crippen LogP contribution in [0, 0.1) is 0 Å². The Balaban J connectivity index is 3.32. The fraction of sp³-hybridized carbons (Fsp3) is 0. The van der Waals surface area contributed by atoms with Crippen LogP contribution in [0.15, 0.2) is 0 Å². The van der Waals surface area contributed by atoms with E-state index in [1.165, 1.54) is 7.85 Å². The molecule has 0 saturated heterocycles. The molecule has 5 heteroatoms. The minimum atomic E-state index is -0.812. The molecule has 0 spiro atoms. The first-order valence-electron chi connectivity index (χ1n) is 1.70. The summed E-state index contributed by atoms with van der Waals surface area (Å²) in [5.74, 6) is -0.437. The molecule has 0 aliphatic rings. The predicted octanol–water partition coefficient (Wildman–Crippen LogP) is -1.59. The Morgan fingerprint density at radius 1 is 1.57 bits per heavy atom. The summed E-state index contributed by atoms with van der Waals surface area (Å²) in [6.07, 6.45) is 0. The minimum absolute atomic E-state index is 0.437. The van der Waals surface area contributed by atoms with E-state index < -0.39 is 11.8 Å². The molecule has 38 valence electrons. The van der Waals surface area contributed by atoms with Crippen molar-refractivity contribution in [3.63, 3.8) is 0 Å².